The van der Waals surface area contributed by atoms with Gasteiger partial charge in [0.2, 0.25) is 7.28 Å². The number of carbonyl (C=O) groups is 1. The third-order valence-electron chi connectivity index (χ3n) is 3.13. The van der Waals surface area contributed by atoms with E-state index in [-0.39, 0.29) is 17.5 Å². The van der Waals surface area contributed by atoms with E-state index in [0.717, 1.165) is 7.28 Å². The third kappa shape index (κ3) is 4.78. The predicted octanol–water partition coefficient (Wildman–Crippen LogP) is 4.67. The van der Waals surface area contributed by atoms with Gasteiger partial charge in [0.15, 0.2) is 0 Å². The van der Waals surface area contributed by atoms with Crippen molar-refractivity contribution < 1.29 is 31.1 Å². The maximum atomic E-state index is 12.8. The molecule has 0 heterocycles. The molecule has 22 heavy (non-hydrogen) atoms. The molecule has 1 aromatic rings. The Labute approximate surface area is 124 Å². The topological polar surface area (TPSA) is 17.1 Å². The average Bonchev–Trinajstić information content (AvgIpc) is 2.32. The fraction of sp³-hybridized carbons (Fsp3) is 0.500. The monoisotopic (exact) mass is 323 g/mol. The van der Waals surface area contributed by atoms with Crippen LogP contribution >= 0.6 is 0 Å². The van der Waals surface area contributed by atoms with Gasteiger partial charge in [0.05, 0.1) is 16.8 Å². The third-order valence-corrected chi connectivity index (χ3v) is 3.13. The van der Waals surface area contributed by atoms with Crippen LogP contribution in [-0.4, -0.2) is 13.0 Å². The molecule has 1 rings (SSSR count). The Balaban J connectivity index is 3.48. The smallest absolute Gasteiger partial charge is 0.312 e. The van der Waals surface area contributed by atoms with Crippen molar-refractivity contribution in [2.24, 2.45) is 5.92 Å². The van der Waals surface area contributed by atoms with Crippen LogP contribution in [0.5, 0.6) is 0 Å². The maximum Gasteiger partial charge on any atom is 0.416 e. The van der Waals surface area contributed by atoms with E-state index < -0.39 is 35.0 Å². The van der Waals surface area contributed by atoms with Gasteiger partial charge in [0, 0.05) is 0 Å². The summed E-state index contributed by atoms with van der Waals surface area (Å²) < 4.78 is 76.9. The molecule has 0 fully saturated rings. The van der Waals surface area contributed by atoms with E-state index in [2.05, 4.69) is 0 Å². The summed E-state index contributed by atoms with van der Waals surface area (Å²) >= 11 is 0. The molecule has 1 radical (unpaired) electrons. The molecule has 0 aliphatic carbocycles. The number of rotatable bonds is 4. The van der Waals surface area contributed by atoms with Gasteiger partial charge in [-0.1, -0.05) is 19.4 Å². The second-order valence-electron chi connectivity index (χ2n) is 5.39. The van der Waals surface area contributed by atoms with E-state index in [1.54, 1.807) is 13.8 Å². The first-order valence-electron chi connectivity index (χ1n) is 6.47. The van der Waals surface area contributed by atoms with E-state index in [9.17, 15) is 31.1 Å². The molecule has 8 heteroatoms. The van der Waals surface area contributed by atoms with Crippen LogP contribution in [0, 0.1) is 5.92 Å². The molecular weight excluding hydrogens is 309 g/mol. The summed E-state index contributed by atoms with van der Waals surface area (Å²) in [5, 5.41) is 0. The summed E-state index contributed by atoms with van der Waals surface area (Å²) in [5.41, 5.74) is -3.34. The van der Waals surface area contributed by atoms with E-state index in [4.69, 9.17) is 0 Å². The highest BCUT2D eigenvalue weighted by atomic mass is 19.4. The van der Waals surface area contributed by atoms with Gasteiger partial charge in [0.1, 0.15) is 0 Å². The molecule has 0 spiro atoms. The van der Waals surface area contributed by atoms with E-state index in [1.165, 1.54) is 6.92 Å². The molecule has 0 aromatic heterocycles. The maximum absolute atomic E-state index is 12.8. The summed E-state index contributed by atoms with van der Waals surface area (Å²) in [6.07, 6.45) is -9.79. The molecule has 0 N–H and O–H groups in total. The van der Waals surface area contributed by atoms with Crippen molar-refractivity contribution >= 4 is 13.0 Å². The minimum atomic E-state index is -4.90. The molecule has 121 valence electrons. The number of halogens is 6. The first-order chi connectivity index (χ1) is 9.82. The first kappa shape index (κ1) is 18.6. The molecule has 0 aliphatic rings. The van der Waals surface area contributed by atoms with Gasteiger partial charge in [0.25, 0.3) is 0 Å². The SMILES string of the molecule is CC(=O)[B]C(c1cc(C(F)(F)F)cc(C(F)(F)F)c1)C(C)C. The Bertz CT molecular complexity index is 515. The van der Waals surface area contributed by atoms with Gasteiger partial charge >= 0.3 is 12.4 Å². The fourth-order valence-corrected chi connectivity index (χ4v) is 2.10. The Hall–Kier alpha value is -1.47. The van der Waals surface area contributed by atoms with Crippen LogP contribution in [0.25, 0.3) is 0 Å². The Kier molecular flexibility index (Phi) is 5.36. The van der Waals surface area contributed by atoms with Gasteiger partial charge in [-0.2, -0.15) is 26.3 Å². The molecule has 0 saturated heterocycles. The zero-order valence-corrected chi connectivity index (χ0v) is 12.1. The van der Waals surface area contributed by atoms with Crippen LogP contribution in [0.4, 0.5) is 26.3 Å². The lowest BCUT2D eigenvalue weighted by Gasteiger charge is -2.22. The zero-order valence-electron chi connectivity index (χ0n) is 12.1. The van der Waals surface area contributed by atoms with Crippen molar-refractivity contribution in [3.63, 3.8) is 0 Å². The summed E-state index contributed by atoms with van der Waals surface area (Å²) in [4.78, 5) is 11.2. The minimum absolute atomic E-state index is 0.0780. The molecule has 1 aromatic carbocycles. The summed E-state index contributed by atoms with van der Waals surface area (Å²) in [6, 6.07) is 1.41. The van der Waals surface area contributed by atoms with Crippen LogP contribution in [0.2, 0.25) is 0 Å². The Morgan fingerprint density at radius 2 is 1.36 bits per heavy atom. The fourth-order valence-electron chi connectivity index (χ4n) is 2.10. The van der Waals surface area contributed by atoms with Crippen LogP contribution in [0.3, 0.4) is 0 Å². The molecule has 0 amide bonds. The van der Waals surface area contributed by atoms with Gasteiger partial charge in [-0.25, -0.2) is 0 Å². The normalized spacial score (nSPS) is 14.1. The standard InChI is InChI=1S/C14H14BF6O/c1-7(2)12(15-8(3)22)9-4-10(13(16,17)18)6-11(5-9)14(19,20)21/h4-7,12H,1-3H3. The predicted molar refractivity (Wildman–Crippen MR) is 70.5 cm³/mol. The average molecular weight is 323 g/mol. The van der Waals surface area contributed by atoms with Crippen molar-refractivity contribution in [3.05, 3.63) is 34.9 Å². The van der Waals surface area contributed by atoms with Gasteiger partial charge < -0.3 is 4.79 Å². The highest BCUT2D eigenvalue weighted by molar-refractivity contribution is 6.74. The Morgan fingerprint density at radius 1 is 0.955 bits per heavy atom. The lowest BCUT2D eigenvalue weighted by atomic mass is 9.55. The molecule has 0 bridgehead atoms. The Morgan fingerprint density at radius 3 is 1.64 bits per heavy atom. The highest BCUT2D eigenvalue weighted by Crippen LogP contribution is 2.38. The van der Waals surface area contributed by atoms with Crippen LogP contribution in [0.15, 0.2) is 18.2 Å². The van der Waals surface area contributed by atoms with Gasteiger partial charge in [-0.3, -0.25) is 0 Å². The first-order valence-corrected chi connectivity index (χ1v) is 6.47. The molecule has 1 atom stereocenters. The largest absolute Gasteiger partial charge is 0.416 e. The van der Waals surface area contributed by atoms with Crippen LogP contribution in [-0.2, 0) is 17.1 Å². The number of carbonyl (C=O) groups excluding carboxylic acids is 1. The molecule has 1 unspecified atom stereocenters. The quantitative estimate of drug-likeness (QED) is 0.581. The summed E-state index contributed by atoms with van der Waals surface area (Å²) in [5.74, 6) is -1.14. The number of benzene rings is 1. The van der Waals surface area contributed by atoms with Crippen molar-refractivity contribution in [1.29, 1.82) is 0 Å². The molecule has 1 nitrogen and oxygen atoms in total. The highest BCUT2D eigenvalue weighted by Gasteiger charge is 2.37. The van der Waals surface area contributed by atoms with Crippen LogP contribution < -0.4 is 0 Å². The molecular formula is C14H14BF6O. The minimum Gasteiger partial charge on any atom is -0.312 e. The second-order valence-corrected chi connectivity index (χ2v) is 5.39. The van der Waals surface area contributed by atoms with E-state index in [1.807, 2.05) is 0 Å². The molecule has 0 saturated carbocycles. The van der Waals surface area contributed by atoms with Gasteiger partial charge in [-0.05, 0) is 36.9 Å². The van der Waals surface area contributed by atoms with E-state index >= 15 is 0 Å². The van der Waals surface area contributed by atoms with Crippen molar-refractivity contribution in [2.75, 3.05) is 0 Å². The lowest BCUT2D eigenvalue weighted by molar-refractivity contribution is -0.143. The van der Waals surface area contributed by atoms with Crippen molar-refractivity contribution in [3.8, 4) is 0 Å². The second kappa shape index (κ2) is 6.34. The van der Waals surface area contributed by atoms with Gasteiger partial charge in [-0.15, -0.1) is 0 Å². The number of hydrogen-bond donors (Lipinski definition) is 0. The number of alkyl halides is 6. The number of hydrogen-bond acceptors (Lipinski definition) is 1. The summed E-state index contributed by atoms with van der Waals surface area (Å²) in [7, 11) is 1.14. The van der Waals surface area contributed by atoms with E-state index in [0.29, 0.717) is 12.1 Å². The lowest BCUT2D eigenvalue weighted by Crippen LogP contribution is -2.22. The zero-order chi connectivity index (χ0) is 17.3. The molecule has 0 aliphatic heterocycles. The van der Waals surface area contributed by atoms with Crippen molar-refractivity contribution in [2.45, 2.75) is 38.9 Å². The summed E-state index contributed by atoms with van der Waals surface area (Å²) in [6.45, 7) is 4.45. The van der Waals surface area contributed by atoms with Crippen LogP contribution in [0.1, 0.15) is 43.3 Å². The van der Waals surface area contributed by atoms with Crippen molar-refractivity contribution in [1.82, 2.24) is 0 Å².